The molecule has 10 heteroatoms. The molecule has 0 spiro atoms. The average Bonchev–Trinajstić information content (AvgIpc) is 2.43. The van der Waals surface area contributed by atoms with Gasteiger partial charge in [-0.1, -0.05) is 0 Å². The minimum Gasteiger partial charge on any atom is -0.481 e. The summed E-state index contributed by atoms with van der Waals surface area (Å²) in [5.41, 5.74) is 16.2. The summed E-state index contributed by atoms with van der Waals surface area (Å²) in [5.74, 6) is -4.33. The molecule has 126 valence electrons. The summed E-state index contributed by atoms with van der Waals surface area (Å²) >= 11 is 0. The highest BCUT2D eigenvalue weighted by molar-refractivity contribution is 5.90. The van der Waals surface area contributed by atoms with Gasteiger partial charge in [-0.15, -0.1) is 0 Å². The zero-order valence-corrected chi connectivity index (χ0v) is 11.9. The molecule has 10 nitrogen and oxygen atoms in total. The molecular weight excluding hydrogens is 298 g/mol. The van der Waals surface area contributed by atoms with Crippen molar-refractivity contribution >= 4 is 23.9 Å². The van der Waals surface area contributed by atoms with Gasteiger partial charge in [0, 0.05) is 6.42 Å². The van der Waals surface area contributed by atoms with Crippen molar-refractivity contribution in [1.29, 1.82) is 0 Å². The molecule has 0 aromatic rings. The zero-order chi connectivity index (χ0) is 17.3. The summed E-state index contributed by atoms with van der Waals surface area (Å²) in [4.78, 5) is 43.8. The lowest BCUT2D eigenvalue weighted by molar-refractivity contribution is -0.161. The SMILES string of the molecule is NC(CCCC(N)C(=O)OC(=O)[C@@H](N)CCC(=O)O)C(=O)O. The fourth-order valence-corrected chi connectivity index (χ4v) is 1.45. The van der Waals surface area contributed by atoms with Gasteiger partial charge in [-0.05, 0) is 25.7 Å². The number of nitrogens with two attached hydrogens (primary N) is 3. The van der Waals surface area contributed by atoms with E-state index in [0.717, 1.165) is 0 Å². The molecule has 0 saturated heterocycles. The second kappa shape index (κ2) is 9.82. The summed E-state index contributed by atoms with van der Waals surface area (Å²) in [6.07, 6.45) is -0.00340. The van der Waals surface area contributed by atoms with Crippen LogP contribution in [0.15, 0.2) is 0 Å². The number of carboxylic acids is 2. The van der Waals surface area contributed by atoms with Gasteiger partial charge in [0.05, 0.1) is 0 Å². The van der Waals surface area contributed by atoms with Gasteiger partial charge in [0.2, 0.25) is 0 Å². The minimum absolute atomic E-state index is 0.0947. The number of hydrogen-bond donors (Lipinski definition) is 5. The molecule has 0 aliphatic rings. The quantitative estimate of drug-likeness (QED) is 0.225. The van der Waals surface area contributed by atoms with Gasteiger partial charge in [-0.25, -0.2) is 9.59 Å². The number of esters is 2. The highest BCUT2D eigenvalue weighted by Crippen LogP contribution is 2.05. The first-order valence-electron chi connectivity index (χ1n) is 6.62. The van der Waals surface area contributed by atoms with Crippen molar-refractivity contribution in [2.45, 2.75) is 50.2 Å². The number of aliphatic carboxylic acids is 2. The van der Waals surface area contributed by atoms with Gasteiger partial charge in [0.25, 0.3) is 0 Å². The standard InChI is InChI=1S/C12H21N3O7/c13-6(10(18)19)2-1-3-7(14)11(20)22-12(21)8(15)4-5-9(16)17/h6-8H,1-5,13-15H2,(H,16,17)(H,18,19)/t6?,7?,8-/m0/s1. The van der Waals surface area contributed by atoms with Gasteiger partial charge in [-0.2, -0.15) is 0 Å². The Morgan fingerprint density at radius 1 is 0.818 bits per heavy atom. The number of ether oxygens (including phenoxy) is 1. The molecule has 0 saturated carbocycles. The molecule has 0 rings (SSSR count). The van der Waals surface area contributed by atoms with Crippen LogP contribution in [0.2, 0.25) is 0 Å². The van der Waals surface area contributed by atoms with Gasteiger partial charge >= 0.3 is 23.9 Å². The molecule has 0 heterocycles. The van der Waals surface area contributed by atoms with Crippen LogP contribution in [-0.2, 0) is 23.9 Å². The third-order valence-corrected chi connectivity index (χ3v) is 2.82. The Labute approximate surface area is 126 Å². The predicted octanol–water partition coefficient (Wildman–Crippen LogP) is -1.84. The minimum atomic E-state index is -1.23. The molecule has 0 bridgehead atoms. The van der Waals surface area contributed by atoms with E-state index in [1.165, 1.54) is 0 Å². The van der Waals surface area contributed by atoms with E-state index >= 15 is 0 Å². The number of carbonyl (C=O) groups is 4. The molecule has 2 unspecified atom stereocenters. The Kier molecular flexibility index (Phi) is 8.91. The fourth-order valence-electron chi connectivity index (χ4n) is 1.45. The zero-order valence-electron chi connectivity index (χ0n) is 11.9. The molecule has 0 aliphatic carbocycles. The van der Waals surface area contributed by atoms with E-state index in [4.69, 9.17) is 27.4 Å². The van der Waals surface area contributed by atoms with Crippen molar-refractivity contribution in [3.05, 3.63) is 0 Å². The molecule has 0 amide bonds. The van der Waals surface area contributed by atoms with Crippen molar-refractivity contribution in [3.63, 3.8) is 0 Å². The van der Waals surface area contributed by atoms with Crippen LogP contribution in [0, 0.1) is 0 Å². The molecule has 22 heavy (non-hydrogen) atoms. The first-order chi connectivity index (χ1) is 10.1. The normalized spacial score (nSPS) is 14.7. The van der Waals surface area contributed by atoms with Crippen LogP contribution in [0.5, 0.6) is 0 Å². The van der Waals surface area contributed by atoms with Gasteiger partial charge in [0.1, 0.15) is 18.1 Å². The summed E-state index contributed by atoms with van der Waals surface area (Å²) in [5, 5.41) is 17.0. The topological polar surface area (TPSA) is 196 Å². The summed E-state index contributed by atoms with van der Waals surface area (Å²) in [6, 6.07) is -3.39. The first-order valence-corrected chi connectivity index (χ1v) is 6.62. The summed E-state index contributed by atoms with van der Waals surface area (Å²) < 4.78 is 4.44. The fraction of sp³-hybridized carbons (Fsp3) is 0.667. The van der Waals surface area contributed by atoms with E-state index in [9.17, 15) is 19.2 Å². The second-order valence-corrected chi connectivity index (χ2v) is 4.76. The molecule has 0 aliphatic heterocycles. The van der Waals surface area contributed by atoms with Crippen molar-refractivity contribution in [1.82, 2.24) is 0 Å². The number of carbonyl (C=O) groups excluding carboxylic acids is 2. The third kappa shape index (κ3) is 8.29. The maximum absolute atomic E-state index is 11.5. The van der Waals surface area contributed by atoms with Gasteiger partial charge < -0.3 is 32.2 Å². The predicted molar refractivity (Wildman–Crippen MR) is 73.4 cm³/mol. The highest BCUT2D eigenvalue weighted by Gasteiger charge is 2.23. The molecular formula is C12H21N3O7. The number of hydrogen-bond acceptors (Lipinski definition) is 8. The van der Waals surface area contributed by atoms with Crippen LogP contribution in [-0.4, -0.2) is 52.2 Å². The Bertz CT molecular complexity index is 427. The molecule has 0 radical (unpaired) electrons. The summed E-state index contributed by atoms with van der Waals surface area (Å²) in [6.45, 7) is 0. The number of carboxylic acid groups (broad SMARTS) is 2. The van der Waals surface area contributed by atoms with Crippen LogP contribution < -0.4 is 17.2 Å². The molecule has 0 aromatic carbocycles. The Balaban J connectivity index is 4.10. The average molecular weight is 319 g/mol. The van der Waals surface area contributed by atoms with Crippen molar-refractivity contribution in [3.8, 4) is 0 Å². The van der Waals surface area contributed by atoms with Crippen molar-refractivity contribution < 1.29 is 34.1 Å². The lowest BCUT2D eigenvalue weighted by Gasteiger charge is -2.13. The maximum Gasteiger partial charge on any atom is 0.330 e. The largest absolute Gasteiger partial charge is 0.481 e. The first kappa shape index (κ1) is 20.0. The van der Waals surface area contributed by atoms with Crippen LogP contribution in [0.4, 0.5) is 0 Å². The lowest BCUT2D eigenvalue weighted by atomic mass is 10.1. The van der Waals surface area contributed by atoms with E-state index in [-0.39, 0.29) is 32.1 Å². The highest BCUT2D eigenvalue weighted by atomic mass is 16.6. The Morgan fingerprint density at radius 3 is 1.73 bits per heavy atom. The number of rotatable bonds is 10. The lowest BCUT2D eigenvalue weighted by Crippen LogP contribution is -2.40. The molecule has 3 atom stereocenters. The molecule has 0 fully saturated rings. The van der Waals surface area contributed by atoms with Gasteiger partial charge in [0.15, 0.2) is 0 Å². The smallest absolute Gasteiger partial charge is 0.330 e. The Hall–Kier alpha value is -2.04. The molecule has 8 N–H and O–H groups in total. The van der Waals surface area contributed by atoms with E-state index in [1.54, 1.807) is 0 Å². The van der Waals surface area contributed by atoms with Crippen LogP contribution in [0.3, 0.4) is 0 Å². The van der Waals surface area contributed by atoms with Crippen molar-refractivity contribution in [2.75, 3.05) is 0 Å². The van der Waals surface area contributed by atoms with E-state index < -0.39 is 42.0 Å². The summed E-state index contributed by atoms with van der Waals surface area (Å²) in [7, 11) is 0. The van der Waals surface area contributed by atoms with Crippen molar-refractivity contribution in [2.24, 2.45) is 17.2 Å². The van der Waals surface area contributed by atoms with Crippen LogP contribution in [0.1, 0.15) is 32.1 Å². The van der Waals surface area contributed by atoms with E-state index in [0.29, 0.717) is 0 Å². The van der Waals surface area contributed by atoms with Gasteiger partial charge in [-0.3, -0.25) is 9.59 Å². The van der Waals surface area contributed by atoms with Crippen LogP contribution >= 0.6 is 0 Å². The third-order valence-electron chi connectivity index (χ3n) is 2.82. The maximum atomic E-state index is 11.5. The van der Waals surface area contributed by atoms with E-state index in [2.05, 4.69) is 4.74 Å². The monoisotopic (exact) mass is 319 g/mol. The Morgan fingerprint density at radius 2 is 1.27 bits per heavy atom. The van der Waals surface area contributed by atoms with E-state index in [1.807, 2.05) is 0 Å². The van der Waals surface area contributed by atoms with Crippen LogP contribution in [0.25, 0.3) is 0 Å². The molecule has 0 aromatic heterocycles. The second-order valence-electron chi connectivity index (χ2n) is 4.76.